The first-order valence-electron chi connectivity index (χ1n) is 6.78. The molecule has 2 nitrogen and oxygen atoms in total. The van der Waals surface area contributed by atoms with Crippen LogP contribution in [-0.4, -0.2) is 17.3 Å². The molecule has 0 unspecified atom stereocenters. The van der Waals surface area contributed by atoms with Crippen LogP contribution in [0.4, 0.5) is 0 Å². The quantitative estimate of drug-likeness (QED) is 0.823. The van der Waals surface area contributed by atoms with Gasteiger partial charge in [0.15, 0.2) is 0 Å². The van der Waals surface area contributed by atoms with Crippen LogP contribution >= 0.6 is 27.5 Å². The van der Waals surface area contributed by atoms with Crippen molar-refractivity contribution in [3.05, 3.63) is 34.9 Å². The number of nitrogens with one attached hydrogen (secondary N) is 1. The van der Waals surface area contributed by atoms with Crippen LogP contribution in [-0.2, 0) is 11.2 Å². The third-order valence-electron chi connectivity index (χ3n) is 3.64. The van der Waals surface area contributed by atoms with Crippen LogP contribution in [0.5, 0.6) is 0 Å². The third kappa shape index (κ3) is 5.15. The second-order valence-corrected chi connectivity index (χ2v) is 6.96. The topological polar surface area (TPSA) is 29.1 Å². The lowest BCUT2D eigenvalue weighted by molar-refractivity contribution is -0.120. The van der Waals surface area contributed by atoms with Crippen LogP contribution in [0.1, 0.15) is 31.2 Å². The molecule has 2 rings (SSSR count). The summed E-state index contributed by atoms with van der Waals surface area (Å²) in [5.74, 6) is 0.742. The Balaban J connectivity index is 1.71. The third-order valence-corrected chi connectivity index (χ3v) is 4.81. The van der Waals surface area contributed by atoms with Gasteiger partial charge in [-0.15, -0.1) is 0 Å². The minimum Gasteiger partial charge on any atom is -0.356 e. The van der Waals surface area contributed by atoms with E-state index >= 15 is 0 Å². The van der Waals surface area contributed by atoms with Crippen LogP contribution in [0.25, 0.3) is 0 Å². The monoisotopic (exact) mass is 343 g/mol. The fourth-order valence-electron chi connectivity index (χ4n) is 2.43. The molecule has 0 bridgehead atoms. The molecule has 1 fully saturated rings. The van der Waals surface area contributed by atoms with E-state index in [9.17, 15) is 4.79 Å². The van der Waals surface area contributed by atoms with Crippen LogP contribution in [0, 0.1) is 5.92 Å². The van der Waals surface area contributed by atoms with Crippen molar-refractivity contribution in [2.75, 3.05) is 6.54 Å². The maximum atomic E-state index is 11.9. The van der Waals surface area contributed by atoms with Crippen LogP contribution in [0.2, 0.25) is 5.02 Å². The van der Waals surface area contributed by atoms with E-state index in [1.54, 1.807) is 0 Å². The number of alkyl halides is 1. The summed E-state index contributed by atoms with van der Waals surface area (Å²) < 4.78 is 0. The van der Waals surface area contributed by atoms with E-state index in [1.165, 1.54) is 25.7 Å². The highest BCUT2D eigenvalue weighted by atomic mass is 79.9. The molecule has 0 heterocycles. The van der Waals surface area contributed by atoms with E-state index in [0.717, 1.165) is 12.1 Å². The predicted octanol–water partition coefficient (Wildman–Crippen LogP) is 3.95. The normalized spacial score (nSPS) is 23.1. The second kappa shape index (κ2) is 7.30. The van der Waals surface area contributed by atoms with Gasteiger partial charge in [0.05, 0.1) is 6.42 Å². The summed E-state index contributed by atoms with van der Waals surface area (Å²) in [6.07, 6.45) is 5.29. The van der Waals surface area contributed by atoms with Crippen LogP contribution in [0.15, 0.2) is 24.3 Å². The second-order valence-electron chi connectivity index (χ2n) is 5.23. The molecular formula is C15H19BrClNO. The molecule has 1 aromatic carbocycles. The molecule has 1 aliphatic rings. The number of carbonyl (C=O) groups is 1. The van der Waals surface area contributed by atoms with Gasteiger partial charge in [-0.25, -0.2) is 0 Å². The van der Waals surface area contributed by atoms with Gasteiger partial charge in [-0.2, -0.15) is 0 Å². The average Bonchev–Trinajstić information content (AvgIpc) is 2.41. The average molecular weight is 345 g/mol. The van der Waals surface area contributed by atoms with E-state index in [1.807, 2.05) is 24.3 Å². The van der Waals surface area contributed by atoms with Gasteiger partial charge in [-0.05, 0) is 49.3 Å². The number of rotatable bonds is 4. The van der Waals surface area contributed by atoms with E-state index in [2.05, 4.69) is 21.2 Å². The molecule has 0 aromatic heterocycles. The Bertz CT molecular complexity index is 413. The Morgan fingerprint density at radius 1 is 1.21 bits per heavy atom. The molecule has 0 atom stereocenters. The predicted molar refractivity (Wildman–Crippen MR) is 82.8 cm³/mol. The van der Waals surface area contributed by atoms with Gasteiger partial charge in [-0.3, -0.25) is 4.79 Å². The molecule has 19 heavy (non-hydrogen) atoms. The zero-order valence-electron chi connectivity index (χ0n) is 10.9. The molecule has 0 spiro atoms. The summed E-state index contributed by atoms with van der Waals surface area (Å²) in [5.41, 5.74) is 1.01. The van der Waals surface area contributed by atoms with E-state index in [-0.39, 0.29) is 5.91 Å². The Hall–Kier alpha value is -0.540. The van der Waals surface area contributed by atoms with Crippen molar-refractivity contribution in [3.8, 4) is 0 Å². The minimum atomic E-state index is 0.100. The highest BCUT2D eigenvalue weighted by molar-refractivity contribution is 9.09. The molecule has 1 amide bonds. The number of hydrogen-bond donors (Lipinski definition) is 1. The van der Waals surface area contributed by atoms with Crippen LogP contribution < -0.4 is 5.32 Å². The summed E-state index contributed by atoms with van der Waals surface area (Å²) in [5, 5.41) is 3.75. The van der Waals surface area contributed by atoms with Crippen molar-refractivity contribution in [3.63, 3.8) is 0 Å². The number of carbonyl (C=O) groups excluding carboxylic acids is 1. The number of halogens is 2. The Morgan fingerprint density at radius 3 is 2.47 bits per heavy atom. The minimum absolute atomic E-state index is 0.100. The van der Waals surface area contributed by atoms with Gasteiger partial charge in [-0.1, -0.05) is 39.7 Å². The molecule has 104 valence electrons. The van der Waals surface area contributed by atoms with E-state index in [0.29, 0.717) is 22.2 Å². The zero-order valence-corrected chi connectivity index (χ0v) is 13.2. The standard InChI is InChI=1S/C15H19BrClNO/c16-13-5-1-12(2-6-13)10-18-15(19)9-11-3-7-14(17)8-4-11/h3-4,7-8,12-13H,1-2,5-6,9-10H2,(H,18,19). The highest BCUT2D eigenvalue weighted by Gasteiger charge is 2.19. The van der Waals surface area contributed by atoms with Crippen molar-refractivity contribution in [2.45, 2.75) is 36.9 Å². The Labute approximate surface area is 128 Å². The zero-order chi connectivity index (χ0) is 13.7. The summed E-state index contributed by atoms with van der Waals surface area (Å²) >= 11 is 9.47. The van der Waals surface area contributed by atoms with Crippen molar-refractivity contribution in [2.24, 2.45) is 5.92 Å². The summed E-state index contributed by atoms with van der Waals surface area (Å²) in [6.45, 7) is 0.812. The summed E-state index contributed by atoms with van der Waals surface area (Å²) in [6, 6.07) is 7.44. The molecule has 1 aromatic rings. The SMILES string of the molecule is O=C(Cc1ccc(Cl)cc1)NCC1CCC(Br)CC1. The Kier molecular flexibility index (Phi) is 5.71. The van der Waals surface area contributed by atoms with Gasteiger partial charge >= 0.3 is 0 Å². The van der Waals surface area contributed by atoms with Crippen molar-refractivity contribution in [1.82, 2.24) is 5.32 Å². The van der Waals surface area contributed by atoms with Crippen molar-refractivity contribution >= 4 is 33.4 Å². The molecule has 0 saturated heterocycles. The fourth-order valence-corrected chi connectivity index (χ4v) is 3.09. The van der Waals surface area contributed by atoms with E-state index < -0.39 is 0 Å². The molecular weight excluding hydrogens is 326 g/mol. The van der Waals surface area contributed by atoms with Gasteiger partial charge in [0, 0.05) is 16.4 Å². The molecule has 1 aliphatic carbocycles. The van der Waals surface area contributed by atoms with E-state index in [4.69, 9.17) is 11.6 Å². The molecule has 0 aliphatic heterocycles. The first-order valence-corrected chi connectivity index (χ1v) is 8.08. The van der Waals surface area contributed by atoms with Crippen molar-refractivity contribution < 1.29 is 4.79 Å². The maximum Gasteiger partial charge on any atom is 0.224 e. The Morgan fingerprint density at radius 2 is 1.84 bits per heavy atom. The lowest BCUT2D eigenvalue weighted by atomic mass is 9.89. The lowest BCUT2D eigenvalue weighted by Gasteiger charge is -2.25. The molecule has 1 saturated carbocycles. The first kappa shape index (κ1) is 14.9. The maximum absolute atomic E-state index is 11.9. The number of hydrogen-bond acceptors (Lipinski definition) is 1. The molecule has 0 radical (unpaired) electrons. The smallest absolute Gasteiger partial charge is 0.224 e. The molecule has 1 N–H and O–H groups in total. The largest absolute Gasteiger partial charge is 0.356 e. The van der Waals surface area contributed by atoms with Gasteiger partial charge in [0.2, 0.25) is 5.91 Å². The van der Waals surface area contributed by atoms with Gasteiger partial charge in [0.25, 0.3) is 0 Å². The highest BCUT2D eigenvalue weighted by Crippen LogP contribution is 2.28. The number of amides is 1. The van der Waals surface area contributed by atoms with Crippen molar-refractivity contribution in [1.29, 1.82) is 0 Å². The summed E-state index contributed by atoms with van der Waals surface area (Å²) in [4.78, 5) is 12.5. The molecule has 4 heteroatoms. The summed E-state index contributed by atoms with van der Waals surface area (Å²) in [7, 11) is 0. The lowest BCUT2D eigenvalue weighted by Crippen LogP contribution is -2.32. The van der Waals surface area contributed by atoms with Gasteiger partial charge < -0.3 is 5.32 Å². The van der Waals surface area contributed by atoms with Gasteiger partial charge in [0.1, 0.15) is 0 Å². The first-order chi connectivity index (χ1) is 9.13. The number of benzene rings is 1. The fraction of sp³-hybridized carbons (Fsp3) is 0.533. The van der Waals surface area contributed by atoms with Crippen LogP contribution in [0.3, 0.4) is 0 Å².